The van der Waals surface area contributed by atoms with E-state index in [1.807, 2.05) is 12.1 Å². The zero-order chi connectivity index (χ0) is 9.52. The molecule has 0 aromatic heterocycles. The summed E-state index contributed by atoms with van der Waals surface area (Å²) in [6, 6.07) is 8.16. The van der Waals surface area contributed by atoms with E-state index in [1.54, 1.807) is 0 Å². The normalized spacial score (nSPS) is 10.2. The second-order valence-electron chi connectivity index (χ2n) is 3.41. The van der Waals surface area contributed by atoms with Crippen LogP contribution < -0.4 is 5.73 Å². The molecular formula is C12H18N. The van der Waals surface area contributed by atoms with Crippen molar-refractivity contribution in [1.29, 1.82) is 0 Å². The molecule has 1 heteroatoms. The van der Waals surface area contributed by atoms with Crippen molar-refractivity contribution in [3.05, 3.63) is 36.8 Å². The first-order chi connectivity index (χ1) is 6.33. The van der Waals surface area contributed by atoms with Gasteiger partial charge in [-0.25, -0.2) is 0 Å². The van der Waals surface area contributed by atoms with Gasteiger partial charge in [0.05, 0.1) is 0 Å². The molecule has 0 unspecified atom stereocenters. The summed E-state index contributed by atoms with van der Waals surface area (Å²) in [5.74, 6) is 0. The standard InChI is InChI=1S/C12H18N/c1-2-3-4-5-6-11-7-9-12(13)10-8-11/h7-10H,1-6,13H2. The third-order valence-electron chi connectivity index (χ3n) is 2.20. The molecule has 71 valence electrons. The van der Waals surface area contributed by atoms with E-state index in [9.17, 15) is 0 Å². The molecule has 0 atom stereocenters. The van der Waals surface area contributed by atoms with Crippen molar-refractivity contribution in [3.8, 4) is 0 Å². The summed E-state index contributed by atoms with van der Waals surface area (Å²) in [5, 5.41) is 0. The van der Waals surface area contributed by atoms with Crippen LogP contribution in [0.3, 0.4) is 0 Å². The summed E-state index contributed by atoms with van der Waals surface area (Å²) in [5.41, 5.74) is 7.83. The Morgan fingerprint density at radius 1 is 1.00 bits per heavy atom. The predicted octanol–water partition coefficient (Wildman–Crippen LogP) is 3.21. The number of unbranched alkanes of at least 4 members (excludes halogenated alkanes) is 3. The average molecular weight is 176 g/mol. The maximum Gasteiger partial charge on any atom is 0.0314 e. The second kappa shape index (κ2) is 5.63. The van der Waals surface area contributed by atoms with Crippen molar-refractivity contribution in [2.24, 2.45) is 0 Å². The van der Waals surface area contributed by atoms with E-state index >= 15 is 0 Å². The summed E-state index contributed by atoms with van der Waals surface area (Å²) >= 11 is 0. The van der Waals surface area contributed by atoms with Gasteiger partial charge < -0.3 is 5.73 Å². The highest BCUT2D eigenvalue weighted by Crippen LogP contribution is 2.10. The summed E-state index contributed by atoms with van der Waals surface area (Å²) in [7, 11) is 0. The number of anilines is 1. The average Bonchev–Trinajstić information content (AvgIpc) is 2.15. The first-order valence-electron chi connectivity index (χ1n) is 4.96. The van der Waals surface area contributed by atoms with Gasteiger partial charge in [-0.15, -0.1) is 0 Å². The minimum absolute atomic E-state index is 0.849. The zero-order valence-corrected chi connectivity index (χ0v) is 8.13. The Hall–Kier alpha value is -0.980. The van der Waals surface area contributed by atoms with Crippen molar-refractivity contribution < 1.29 is 0 Å². The maximum absolute atomic E-state index is 5.59. The van der Waals surface area contributed by atoms with Gasteiger partial charge in [-0.2, -0.15) is 0 Å². The molecule has 13 heavy (non-hydrogen) atoms. The van der Waals surface area contributed by atoms with Crippen molar-refractivity contribution in [2.75, 3.05) is 5.73 Å². The highest BCUT2D eigenvalue weighted by Gasteiger charge is 1.92. The lowest BCUT2D eigenvalue weighted by molar-refractivity contribution is 0.686. The highest BCUT2D eigenvalue weighted by molar-refractivity contribution is 5.39. The Morgan fingerprint density at radius 2 is 1.69 bits per heavy atom. The van der Waals surface area contributed by atoms with Crippen LogP contribution in [0.2, 0.25) is 0 Å². The second-order valence-corrected chi connectivity index (χ2v) is 3.41. The van der Waals surface area contributed by atoms with Crippen molar-refractivity contribution in [1.82, 2.24) is 0 Å². The van der Waals surface area contributed by atoms with Crippen molar-refractivity contribution in [3.63, 3.8) is 0 Å². The number of hydrogen-bond acceptors (Lipinski definition) is 1. The highest BCUT2D eigenvalue weighted by atomic mass is 14.5. The van der Waals surface area contributed by atoms with Gasteiger partial charge in [0, 0.05) is 5.69 Å². The Bertz CT molecular complexity index is 225. The summed E-state index contributed by atoms with van der Waals surface area (Å²) in [6.45, 7) is 3.83. The van der Waals surface area contributed by atoms with Gasteiger partial charge >= 0.3 is 0 Å². The molecule has 1 aromatic carbocycles. The molecule has 0 fully saturated rings. The summed E-state index contributed by atoms with van der Waals surface area (Å²) in [6.07, 6.45) is 6.02. The molecule has 0 amide bonds. The quantitative estimate of drug-likeness (QED) is 0.541. The summed E-state index contributed by atoms with van der Waals surface area (Å²) < 4.78 is 0. The molecule has 0 aliphatic carbocycles. The minimum atomic E-state index is 0.849. The smallest absolute Gasteiger partial charge is 0.0314 e. The van der Waals surface area contributed by atoms with Crippen LogP contribution in [0.15, 0.2) is 24.3 Å². The van der Waals surface area contributed by atoms with Gasteiger partial charge in [0.1, 0.15) is 0 Å². The molecule has 0 heterocycles. The molecule has 0 saturated carbocycles. The Kier molecular flexibility index (Phi) is 4.37. The van der Waals surface area contributed by atoms with Crippen LogP contribution in [-0.4, -0.2) is 0 Å². The van der Waals surface area contributed by atoms with E-state index < -0.39 is 0 Å². The number of aryl methyl sites for hydroxylation is 1. The van der Waals surface area contributed by atoms with Crippen LogP contribution in [0, 0.1) is 6.92 Å². The van der Waals surface area contributed by atoms with Gasteiger partial charge in [-0.1, -0.05) is 38.3 Å². The van der Waals surface area contributed by atoms with E-state index in [1.165, 1.54) is 31.2 Å². The fourth-order valence-corrected chi connectivity index (χ4v) is 1.37. The first-order valence-corrected chi connectivity index (χ1v) is 4.96. The molecule has 1 aromatic rings. The molecule has 0 aliphatic rings. The van der Waals surface area contributed by atoms with E-state index in [-0.39, 0.29) is 0 Å². The van der Waals surface area contributed by atoms with Gasteiger partial charge in [-0.3, -0.25) is 0 Å². The fourth-order valence-electron chi connectivity index (χ4n) is 1.37. The lowest BCUT2D eigenvalue weighted by atomic mass is 10.1. The molecule has 0 aliphatic heterocycles. The molecular weight excluding hydrogens is 158 g/mol. The predicted molar refractivity (Wildman–Crippen MR) is 58.4 cm³/mol. The molecule has 1 rings (SSSR count). The summed E-state index contributed by atoms with van der Waals surface area (Å²) in [4.78, 5) is 0. The van der Waals surface area contributed by atoms with Gasteiger partial charge in [0.15, 0.2) is 0 Å². The van der Waals surface area contributed by atoms with Gasteiger partial charge in [0.2, 0.25) is 0 Å². The maximum atomic E-state index is 5.59. The SMILES string of the molecule is [CH2]CCCCCc1ccc(N)cc1. The van der Waals surface area contributed by atoms with E-state index in [0.29, 0.717) is 0 Å². The lowest BCUT2D eigenvalue weighted by Crippen LogP contribution is -1.88. The van der Waals surface area contributed by atoms with E-state index in [4.69, 9.17) is 5.73 Å². The van der Waals surface area contributed by atoms with E-state index in [0.717, 1.165) is 12.1 Å². The lowest BCUT2D eigenvalue weighted by Gasteiger charge is -2.01. The number of nitrogens with two attached hydrogens (primary N) is 1. The minimum Gasteiger partial charge on any atom is -0.399 e. The van der Waals surface area contributed by atoms with E-state index in [2.05, 4.69) is 19.1 Å². The van der Waals surface area contributed by atoms with Gasteiger partial charge in [-0.05, 0) is 30.5 Å². The molecule has 0 spiro atoms. The van der Waals surface area contributed by atoms with Crippen LogP contribution in [0.1, 0.15) is 31.2 Å². The Labute approximate surface area is 81.0 Å². The number of nitrogen functional groups attached to an aromatic ring is 1. The van der Waals surface area contributed by atoms with Crippen molar-refractivity contribution >= 4 is 5.69 Å². The molecule has 2 N–H and O–H groups in total. The fraction of sp³-hybridized carbons (Fsp3) is 0.417. The number of hydrogen-bond donors (Lipinski definition) is 1. The largest absolute Gasteiger partial charge is 0.399 e. The van der Waals surface area contributed by atoms with Crippen LogP contribution in [0.4, 0.5) is 5.69 Å². The van der Waals surface area contributed by atoms with Crippen LogP contribution in [0.5, 0.6) is 0 Å². The molecule has 0 saturated heterocycles. The van der Waals surface area contributed by atoms with Crippen LogP contribution in [-0.2, 0) is 6.42 Å². The van der Waals surface area contributed by atoms with Crippen LogP contribution in [0.25, 0.3) is 0 Å². The Morgan fingerprint density at radius 3 is 2.31 bits per heavy atom. The molecule has 0 bridgehead atoms. The topological polar surface area (TPSA) is 26.0 Å². The first kappa shape index (κ1) is 10.1. The third-order valence-corrected chi connectivity index (χ3v) is 2.20. The Balaban J connectivity index is 2.25. The number of benzene rings is 1. The zero-order valence-electron chi connectivity index (χ0n) is 8.13. The van der Waals surface area contributed by atoms with Gasteiger partial charge in [0.25, 0.3) is 0 Å². The molecule has 1 nitrogen and oxygen atoms in total. The number of rotatable bonds is 5. The third kappa shape index (κ3) is 3.97. The monoisotopic (exact) mass is 176 g/mol. The van der Waals surface area contributed by atoms with Crippen molar-refractivity contribution in [2.45, 2.75) is 32.1 Å². The van der Waals surface area contributed by atoms with Crippen LogP contribution >= 0.6 is 0 Å². The molecule has 1 radical (unpaired) electrons.